The summed E-state index contributed by atoms with van der Waals surface area (Å²) in [5.74, 6) is 0.341. The maximum atomic E-state index is 13.5. The van der Waals surface area contributed by atoms with Crippen molar-refractivity contribution >= 4 is 32.0 Å². The number of fused-ring (bicyclic) bond motifs is 6. The number of hydrogen-bond donors (Lipinski definition) is 7. The van der Waals surface area contributed by atoms with Crippen molar-refractivity contribution in [1.29, 1.82) is 0 Å². The summed E-state index contributed by atoms with van der Waals surface area (Å²) in [6.45, 7) is 59.0. The number of methoxy groups -OCH3 is 1. The number of allylic oxidation sites excluding steroid dienone is 2. The molecule has 2 amide bonds. The van der Waals surface area contributed by atoms with E-state index < -0.39 is 53.9 Å². The van der Waals surface area contributed by atoms with Crippen LogP contribution >= 0.6 is 0 Å². The van der Waals surface area contributed by atoms with Crippen molar-refractivity contribution in [1.82, 2.24) is 34.9 Å². The van der Waals surface area contributed by atoms with Crippen LogP contribution in [0, 0.1) is 124 Å². The second-order valence-corrected chi connectivity index (χ2v) is 47.2. The molecular weight excluding hydrogens is 1390 g/mol. The number of nitrogens with two attached hydrogens (primary N) is 3. The van der Waals surface area contributed by atoms with Crippen LogP contribution in [0.15, 0.2) is 36.0 Å². The highest BCUT2D eigenvalue weighted by molar-refractivity contribution is 6.79. The summed E-state index contributed by atoms with van der Waals surface area (Å²) in [5.41, 5.74) is 18.6. The molecular formula is C87H148N10O11Si. The van der Waals surface area contributed by atoms with Crippen molar-refractivity contribution < 1.29 is 53.1 Å². The molecule has 12 rings (SSSR count). The molecule has 8 aliphatic carbocycles. The summed E-state index contributed by atoms with van der Waals surface area (Å²) >= 11 is 0. The van der Waals surface area contributed by atoms with Gasteiger partial charge < -0.3 is 56.1 Å². The Morgan fingerprint density at radius 1 is 0.624 bits per heavy atom. The monoisotopic (exact) mass is 1540 g/mol. The SMILES string of the molecule is CC(C)[C@@H](C)[C@@]1(C)CC[C@]2(C)[C@H]3CC[C@@H]4[C@@]5(COC[C@@]4(C)[C@@H](OC[C@](C)(N)C(C)(C)C)[C@H](n4ncnc4C(N)=O)C5)C3=CC[C@@]2(C)[C@@H]1C(=O)O.CC[Si](CC)(CC)NC(=O)c1ncn[nH]1.CO[C@@H]1C[C@@]23COC[C@](C)([C@@H]2CC[C@H]2C3=CC[C@@]3(C)[C@H](C(=O)O)[C@@](C)([C@H](C)C(C)C)CC[C@]23C)[C@H]1OC[C@](C)(N)C(C)(C)C. The summed E-state index contributed by atoms with van der Waals surface area (Å²) in [6, 6.07) is 2.84. The number of aromatic nitrogens is 6. The molecule has 2 saturated heterocycles. The van der Waals surface area contributed by atoms with Gasteiger partial charge in [0.1, 0.15) is 12.7 Å². The third kappa shape index (κ3) is 13.8. The van der Waals surface area contributed by atoms with Gasteiger partial charge in [0.05, 0.1) is 75.8 Å². The van der Waals surface area contributed by atoms with Gasteiger partial charge >= 0.3 is 11.9 Å². The van der Waals surface area contributed by atoms with Crippen molar-refractivity contribution in [2.24, 2.45) is 141 Å². The first-order valence-electron chi connectivity index (χ1n) is 42.1. The predicted molar refractivity (Wildman–Crippen MR) is 430 cm³/mol. The Bertz CT molecular complexity index is 3680. The molecule has 10 aliphatic rings. The summed E-state index contributed by atoms with van der Waals surface area (Å²) in [4.78, 5) is 62.6. The first kappa shape index (κ1) is 87.0. The highest BCUT2D eigenvalue weighted by atomic mass is 28.3. The lowest BCUT2D eigenvalue weighted by Crippen LogP contribution is -2.70. The van der Waals surface area contributed by atoms with Crippen LogP contribution in [0.2, 0.25) is 18.1 Å². The Morgan fingerprint density at radius 3 is 1.44 bits per heavy atom. The van der Waals surface area contributed by atoms with Crippen LogP contribution in [-0.2, 0) is 33.3 Å². The average Bonchev–Trinajstić information content (AvgIpc) is 1.11. The van der Waals surface area contributed by atoms with Crippen molar-refractivity contribution in [2.45, 2.75) is 304 Å². The first-order chi connectivity index (χ1) is 50.3. The highest BCUT2D eigenvalue weighted by Crippen LogP contribution is 2.78. The van der Waals surface area contributed by atoms with E-state index in [1.54, 1.807) is 10.3 Å². The Kier molecular flexibility index (Phi) is 23.9. The molecule has 6 saturated carbocycles. The highest BCUT2D eigenvalue weighted by Gasteiger charge is 2.75. The van der Waals surface area contributed by atoms with Gasteiger partial charge in [-0.1, -0.05) is 183 Å². The zero-order valence-corrected chi connectivity index (χ0v) is 73.3. The molecule has 0 aromatic carbocycles. The van der Waals surface area contributed by atoms with Crippen LogP contribution in [0.5, 0.6) is 0 Å². The van der Waals surface area contributed by atoms with E-state index in [0.29, 0.717) is 74.9 Å². The lowest BCUT2D eigenvalue weighted by atomic mass is 9.34. The first-order valence-corrected chi connectivity index (χ1v) is 44.7. The van der Waals surface area contributed by atoms with E-state index in [1.165, 1.54) is 18.2 Å². The lowest BCUT2D eigenvalue weighted by Gasteiger charge is -2.71. The normalized spacial score (nSPS) is 40.5. The zero-order valence-electron chi connectivity index (χ0n) is 72.3. The van der Waals surface area contributed by atoms with Gasteiger partial charge in [-0.05, 0) is 200 Å². The summed E-state index contributed by atoms with van der Waals surface area (Å²) in [7, 11) is 0.216. The number of carbonyl (C=O) groups is 4. The minimum atomic E-state index is -1.62. The van der Waals surface area contributed by atoms with Crippen LogP contribution in [0.4, 0.5) is 0 Å². The van der Waals surface area contributed by atoms with Crippen LogP contribution < -0.4 is 22.2 Å². The van der Waals surface area contributed by atoms with Crippen LogP contribution in [-0.4, -0.2) is 148 Å². The largest absolute Gasteiger partial charge is 0.481 e. The standard InChI is InChI=1S/C40H65N5O5.C38H65NO5.C9H18N4OSi/c1-23(2)24(3)35(7)16-17-37(9)25-12-13-28-36(8)19-49-21-40(28,26(25)14-15-38(37,10)29(35)33(47)48)18-27(45-32(31(41)46)43-22-44-45)30(36)50-20-39(11,42)34(4,5)6;1-23(2)24(3)33(7)17-18-35(9)25-13-14-28-34(8)20-43-22-38(28,26(25)15-16-36(35,10)29(33)31(40)41)19-27(42-12)30(34)44-21-37(11,39)32(4,5)6;1-4-15(5-2,6-3)13-9(14)8-10-7-11-12-8/h14,22-25,27-30H,12-13,15-21,42H2,1-11H3,(H2,41,46)(H,47,48);15,23-25,27-30H,13-14,16-22,39H2,1-12H3,(H,40,41);7H,4-6H2,1-3H3,(H,13,14)(H,10,11,12)/t24-,25+,27-,28+,29-,30+,35-,36-,37-,38+,39+,40+;24-,25+,27-,28+,29-,30+,33-,34-,35-,36+,37+,38+;/m11./s1. The molecule has 2 aromatic heterocycles. The molecule has 2 aromatic rings. The van der Waals surface area contributed by atoms with Crippen molar-refractivity contribution in [3.8, 4) is 0 Å². The molecule has 616 valence electrons. The fourth-order valence-corrected chi connectivity index (χ4v) is 28.1. The van der Waals surface area contributed by atoms with Gasteiger partial charge in [-0.25, -0.2) is 14.6 Å². The summed E-state index contributed by atoms with van der Waals surface area (Å²) in [5, 5.41) is 32.9. The lowest BCUT2D eigenvalue weighted by molar-refractivity contribution is -0.270. The van der Waals surface area contributed by atoms with Crippen LogP contribution in [0.25, 0.3) is 0 Å². The number of nitrogens with one attached hydrogen (secondary N) is 2. The third-order valence-electron chi connectivity index (χ3n) is 35.2. The van der Waals surface area contributed by atoms with E-state index in [2.05, 4.69) is 209 Å². The van der Waals surface area contributed by atoms with Gasteiger partial charge in [-0.2, -0.15) is 10.2 Å². The fraction of sp³-hybridized carbons (Fsp3) is 0.862. The number of rotatable bonds is 20. The molecule has 24 atom stereocenters. The third-order valence-corrected chi connectivity index (χ3v) is 40.0. The van der Waals surface area contributed by atoms with E-state index in [4.69, 9.17) is 40.9 Å². The molecule has 0 unspecified atom stereocenters. The quantitative estimate of drug-likeness (QED) is 0.0478. The van der Waals surface area contributed by atoms with E-state index >= 15 is 0 Å². The Balaban J connectivity index is 0.000000196. The molecule has 4 bridgehead atoms. The maximum Gasteiger partial charge on any atom is 0.307 e. The van der Waals surface area contributed by atoms with Crippen LogP contribution in [0.3, 0.4) is 0 Å². The number of aliphatic carboxylic acids is 2. The number of primary amides is 1. The second kappa shape index (κ2) is 30.0. The van der Waals surface area contributed by atoms with Gasteiger partial charge in [0.15, 0.2) is 8.24 Å². The molecule has 21 nitrogen and oxygen atoms in total. The van der Waals surface area contributed by atoms with Gasteiger partial charge in [-0.3, -0.25) is 24.3 Å². The number of H-pyrrole nitrogens is 1. The van der Waals surface area contributed by atoms with Crippen molar-refractivity contribution in [3.63, 3.8) is 0 Å². The number of aromatic amines is 1. The van der Waals surface area contributed by atoms with Crippen molar-refractivity contribution in [3.05, 3.63) is 47.6 Å². The number of carboxylic acid groups (broad SMARTS) is 2. The molecule has 2 aliphatic heterocycles. The minimum Gasteiger partial charge on any atom is -0.481 e. The molecule has 0 spiro atoms. The van der Waals surface area contributed by atoms with Crippen LogP contribution in [0.1, 0.15) is 277 Å². The molecule has 4 heterocycles. The van der Waals surface area contributed by atoms with Gasteiger partial charge in [0, 0.05) is 39.8 Å². The molecule has 8 fully saturated rings. The molecule has 109 heavy (non-hydrogen) atoms. The van der Waals surface area contributed by atoms with E-state index in [9.17, 15) is 29.4 Å². The molecule has 10 N–H and O–H groups in total. The van der Waals surface area contributed by atoms with E-state index in [0.717, 1.165) is 95.4 Å². The predicted octanol–water partition coefficient (Wildman–Crippen LogP) is 15.9. The maximum absolute atomic E-state index is 13.5. The number of ether oxygens (including phenoxy) is 5. The van der Waals surface area contributed by atoms with Gasteiger partial charge in [0.25, 0.3) is 11.8 Å². The Hall–Kier alpha value is -4.42. The smallest absolute Gasteiger partial charge is 0.307 e. The average molecular weight is 1540 g/mol. The van der Waals surface area contributed by atoms with E-state index in [-0.39, 0.29) is 114 Å². The zero-order chi connectivity index (χ0) is 81.2. The number of carboxylic acids is 2. The summed E-state index contributed by atoms with van der Waals surface area (Å²) in [6.07, 6.45) is 18.4. The number of nitrogens with zero attached hydrogens (tertiary/aromatic N) is 5. The fourth-order valence-electron chi connectivity index (χ4n) is 25.5. The number of hydrogen-bond acceptors (Lipinski definition) is 15. The molecule has 22 heteroatoms. The van der Waals surface area contributed by atoms with E-state index in [1.807, 2.05) is 14.0 Å². The number of amides is 2. The topological polar surface area (TPSA) is 317 Å². The van der Waals surface area contributed by atoms with Crippen molar-refractivity contribution in [2.75, 3.05) is 46.8 Å². The Labute approximate surface area is 656 Å². The van der Waals surface area contributed by atoms with Gasteiger partial charge in [-0.15, -0.1) is 0 Å². The number of carbonyl (C=O) groups excluding carboxylic acids is 2. The summed E-state index contributed by atoms with van der Waals surface area (Å²) < 4.78 is 35.2. The Morgan fingerprint density at radius 2 is 1.06 bits per heavy atom. The van der Waals surface area contributed by atoms with Gasteiger partial charge in [0.2, 0.25) is 11.6 Å². The minimum absolute atomic E-state index is 0.0509. The molecule has 0 radical (unpaired) electrons. The second-order valence-electron chi connectivity index (χ2n) is 42.3.